The van der Waals surface area contributed by atoms with Crippen LogP contribution in [0, 0.1) is 0 Å². The Kier molecular flexibility index (Phi) is 17.4. The summed E-state index contributed by atoms with van der Waals surface area (Å²) in [7, 11) is -15.0. The van der Waals surface area contributed by atoms with E-state index in [4.69, 9.17) is 34.8 Å². The topological polar surface area (TPSA) is 263 Å². The molecule has 6 N–H and O–H groups in total. The van der Waals surface area contributed by atoms with Gasteiger partial charge in [-0.05, 0) is 53.6 Å². The van der Waals surface area contributed by atoms with Crippen LogP contribution >= 0.6 is 34.8 Å². The molecule has 0 saturated carbocycles. The van der Waals surface area contributed by atoms with Crippen LogP contribution in [0.25, 0.3) is 6.08 Å². The number of hydrogen-bond donors (Lipinski definition) is 6. The van der Waals surface area contributed by atoms with E-state index in [1.54, 1.807) is 0 Å². The van der Waals surface area contributed by atoms with Crippen molar-refractivity contribution in [2.75, 3.05) is 10.7 Å². The van der Waals surface area contributed by atoms with Crippen LogP contribution in [0.1, 0.15) is 15.9 Å². The second-order valence-corrected chi connectivity index (χ2v) is 13.3. The van der Waals surface area contributed by atoms with Gasteiger partial charge in [0.2, 0.25) is 11.1 Å². The number of ketones is 1. The van der Waals surface area contributed by atoms with Crippen LogP contribution in [-0.2, 0) is 47.4 Å². The van der Waals surface area contributed by atoms with E-state index < -0.39 is 90.1 Å². The number of phenolic OH excluding ortho intramolecular Hbond substituents is 1. The van der Waals surface area contributed by atoms with Crippen LogP contribution in [0.2, 0.25) is 15.5 Å². The van der Waals surface area contributed by atoms with Gasteiger partial charge in [-0.25, -0.2) is 4.98 Å². The maximum Gasteiger partial charge on any atom is 1.00 e. The van der Waals surface area contributed by atoms with E-state index in [0.717, 1.165) is 18.2 Å². The minimum atomic E-state index is -5.27. The first-order valence-corrected chi connectivity index (χ1v) is 15.9. The van der Waals surface area contributed by atoms with Gasteiger partial charge < -0.3 is 10.4 Å². The van der Waals surface area contributed by atoms with Crippen molar-refractivity contribution >= 4 is 99.9 Å². The van der Waals surface area contributed by atoms with Gasteiger partial charge in [-0.3, -0.25) is 23.9 Å². The second-order valence-electron chi connectivity index (χ2n) is 8.02. The Balaban J connectivity index is 0.00000506. The molecular formula is C20H12Cl3CuN5Na3O11S3+3. The molecule has 1 radical (unpaired) electrons. The Hall–Kier alpha value is 0.119. The number of benzene rings is 2. The Morgan fingerprint density at radius 2 is 1.35 bits per heavy atom. The van der Waals surface area contributed by atoms with Gasteiger partial charge in [-0.1, -0.05) is 23.2 Å². The smallest absolute Gasteiger partial charge is 0.506 e. The summed E-state index contributed by atoms with van der Waals surface area (Å²) in [6.45, 7) is 0. The fraction of sp³-hybridized carbons (Fsp3) is 0. The van der Waals surface area contributed by atoms with Crippen molar-refractivity contribution in [2.45, 2.75) is 9.79 Å². The maximum absolute atomic E-state index is 13.6. The summed E-state index contributed by atoms with van der Waals surface area (Å²) >= 11 is 17.8. The summed E-state index contributed by atoms with van der Waals surface area (Å²) in [5, 5.41) is 15.1. The molecule has 16 nitrogen and oxygen atoms in total. The van der Waals surface area contributed by atoms with Gasteiger partial charge in [0.15, 0.2) is 16.7 Å². The summed E-state index contributed by atoms with van der Waals surface area (Å²) < 4.78 is 100.0. The summed E-state index contributed by atoms with van der Waals surface area (Å²) in [5.41, 5.74) is -0.878. The van der Waals surface area contributed by atoms with Crippen molar-refractivity contribution in [3.05, 3.63) is 61.8 Å². The number of hydrogen-bond acceptors (Lipinski definition) is 13. The Labute approximate surface area is 352 Å². The number of nitrogens with zero attached hydrogens (tertiary/aromatic N) is 3. The molecule has 0 unspecified atom stereocenters. The van der Waals surface area contributed by atoms with Gasteiger partial charge in [-0.2, -0.15) is 35.3 Å². The summed E-state index contributed by atoms with van der Waals surface area (Å²) in [4.78, 5) is 18.3. The van der Waals surface area contributed by atoms with Crippen LogP contribution in [-0.4, -0.2) is 65.5 Å². The molecule has 0 amide bonds. The quantitative estimate of drug-likeness (QED) is 0.0324. The van der Waals surface area contributed by atoms with Crippen molar-refractivity contribution in [2.24, 2.45) is 5.10 Å². The van der Waals surface area contributed by atoms with E-state index in [-0.39, 0.29) is 122 Å². The maximum atomic E-state index is 13.6. The number of aromatic hydroxyl groups is 1. The summed E-state index contributed by atoms with van der Waals surface area (Å²) in [6.07, 6.45) is 0.641. The largest absolute Gasteiger partial charge is 1.00 e. The van der Waals surface area contributed by atoms with E-state index in [9.17, 15) is 48.8 Å². The monoisotopic (exact) mass is 831 g/mol. The number of carbonyl (C=O) groups excluding carboxylic acids is 1. The number of halogens is 3. The molecule has 233 valence electrons. The standard InChI is InChI=1S/C20H12Cl3N5O11S3.Cu.3Na/c21-15-18(22)25-20(23)26-19(15)24-11-6-9(41(34,35)36)3-7-4-13(42(37,38)39)16(17(30)14(7)11)28-27-10-5-8(40(31,32)33)1-2-12(10)29;;;;/h1-6,27,29H,(H,24,25,26)(H,31,32,33)(H,34,35,36)(H,37,38,39);;;;/q;;3*+1/b28-16+;;;;. The van der Waals surface area contributed by atoms with Crippen molar-refractivity contribution in [3.8, 4) is 5.75 Å². The second kappa shape index (κ2) is 17.4. The van der Waals surface area contributed by atoms with Crippen LogP contribution in [0.3, 0.4) is 0 Å². The van der Waals surface area contributed by atoms with Crippen molar-refractivity contribution < 1.29 is 155 Å². The molecule has 0 bridgehead atoms. The van der Waals surface area contributed by atoms with Gasteiger partial charge in [0.05, 0.1) is 26.7 Å². The fourth-order valence-electron chi connectivity index (χ4n) is 3.48. The molecule has 46 heavy (non-hydrogen) atoms. The predicted molar refractivity (Wildman–Crippen MR) is 149 cm³/mol. The zero-order valence-corrected chi connectivity index (χ0v) is 34.8. The average molecular weight is 833 g/mol. The minimum absolute atomic E-state index is 0. The predicted octanol–water partition coefficient (Wildman–Crippen LogP) is -5.72. The molecule has 0 spiro atoms. The normalized spacial score (nSPS) is 13.6. The number of hydrazone groups is 1. The molecule has 4 rings (SSSR count). The zero-order valence-electron chi connectivity index (χ0n) is 23.1. The van der Waals surface area contributed by atoms with Crippen LogP contribution in [0.4, 0.5) is 17.2 Å². The van der Waals surface area contributed by atoms with Gasteiger partial charge in [0.1, 0.15) is 15.7 Å². The molecule has 1 aliphatic carbocycles. The van der Waals surface area contributed by atoms with Crippen molar-refractivity contribution in [3.63, 3.8) is 0 Å². The van der Waals surface area contributed by atoms with Gasteiger partial charge in [0, 0.05) is 17.1 Å². The fourth-order valence-corrected chi connectivity index (χ4v) is 5.70. The Morgan fingerprint density at radius 3 is 1.89 bits per heavy atom. The number of carbonyl (C=O) groups is 1. The van der Waals surface area contributed by atoms with Crippen molar-refractivity contribution in [1.82, 2.24) is 9.97 Å². The number of Topliss-reactive ketones (excluding diaryl/α,β-unsaturated/α-hetero) is 1. The van der Waals surface area contributed by atoms with E-state index in [1.807, 2.05) is 0 Å². The van der Waals surface area contributed by atoms with E-state index in [2.05, 4.69) is 25.8 Å². The molecule has 26 heteroatoms. The first-order valence-electron chi connectivity index (χ1n) is 10.5. The Bertz CT molecular complexity index is 2110. The molecule has 2 aromatic carbocycles. The number of allylic oxidation sites excluding steroid dienone is 1. The number of aromatic nitrogens is 2. The molecule has 0 fully saturated rings. The molecule has 0 saturated heterocycles. The van der Waals surface area contributed by atoms with Gasteiger partial charge in [-0.15, -0.1) is 0 Å². The Morgan fingerprint density at radius 1 is 0.783 bits per heavy atom. The van der Waals surface area contributed by atoms with E-state index in [0.29, 0.717) is 18.2 Å². The molecule has 1 aromatic heterocycles. The summed E-state index contributed by atoms with van der Waals surface area (Å²) in [6, 6.07) is 3.83. The molecule has 0 atom stereocenters. The van der Waals surface area contributed by atoms with Crippen LogP contribution in [0.5, 0.6) is 5.75 Å². The zero-order chi connectivity index (χ0) is 31.4. The van der Waals surface area contributed by atoms with Crippen LogP contribution < -0.4 is 99.4 Å². The molecular weight excluding hydrogens is 821 g/mol. The third-order valence-corrected chi connectivity index (χ3v) is 8.72. The van der Waals surface area contributed by atoms with E-state index in [1.165, 1.54) is 0 Å². The first kappa shape index (κ1) is 46.1. The van der Waals surface area contributed by atoms with Gasteiger partial charge >= 0.3 is 88.7 Å². The number of phenols is 1. The molecule has 1 heterocycles. The average Bonchev–Trinajstić information content (AvgIpc) is 2.85. The van der Waals surface area contributed by atoms with Crippen molar-refractivity contribution in [1.29, 1.82) is 0 Å². The number of rotatable bonds is 7. The first-order chi connectivity index (χ1) is 19.3. The SMILES string of the molecule is O=C1/C(=N/Nc2cc(S(=O)(=O)O)ccc2O)C(S(=O)(=O)O)=Cc2cc(S(=O)(=O)O)cc(Nc3nc(Cl)nc(Cl)c3Cl)c21.[Cu].[Na+].[Na+].[Na+]. The molecule has 1 aliphatic rings. The summed E-state index contributed by atoms with van der Waals surface area (Å²) in [5.74, 6) is -2.29. The van der Waals surface area contributed by atoms with Gasteiger partial charge in [0.25, 0.3) is 30.4 Å². The van der Waals surface area contributed by atoms with Crippen LogP contribution in [0.15, 0.2) is 50.1 Å². The number of anilines is 3. The number of fused-ring (bicyclic) bond motifs is 1. The minimum Gasteiger partial charge on any atom is -0.506 e. The number of nitrogens with one attached hydrogen (secondary N) is 2. The third kappa shape index (κ3) is 10.6. The van der Waals surface area contributed by atoms with E-state index >= 15 is 0 Å². The molecule has 3 aromatic rings. The third-order valence-electron chi connectivity index (χ3n) is 5.27. The molecule has 0 aliphatic heterocycles.